The van der Waals surface area contributed by atoms with E-state index in [9.17, 15) is 0 Å². The monoisotopic (exact) mass is 274 g/mol. The second kappa shape index (κ2) is 5.84. The van der Waals surface area contributed by atoms with Gasteiger partial charge in [-0.2, -0.15) is 0 Å². The lowest BCUT2D eigenvalue weighted by Crippen LogP contribution is -2.56. The number of nitrogens with two attached hydrogens (primary N) is 1. The summed E-state index contributed by atoms with van der Waals surface area (Å²) >= 11 is 0. The highest BCUT2D eigenvalue weighted by Crippen LogP contribution is 2.37. The normalized spacial score (nSPS) is 30.5. The molecule has 3 atom stereocenters. The first-order valence-electron chi connectivity index (χ1n) is 7.82. The Hall–Kier alpha value is -0.900. The molecule has 3 nitrogen and oxygen atoms in total. The summed E-state index contributed by atoms with van der Waals surface area (Å²) in [5.74, 6) is 1.24. The van der Waals surface area contributed by atoms with Crippen molar-refractivity contribution in [2.24, 2.45) is 11.7 Å². The minimum absolute atomic E-state index is 0.0973. The van der Waals surface area contributed by atoms with Crippen LogP contribution in [0, 0.1) is 5.92 Å². The molecule has 1 aromatic rings. The Morgan fingerprint density at radius 3 is 2.75 bits per heavy atom. The molecular weight excluding hydrogens is 248 g/mol. The molecule has 2 aliphatic rings. The van der Waals surface area contributed by atoms with Gasteiger partial charge >= 0.3 is 0 Å². The molecule has 3 rings (SSSR count). The fourth-order valence-corrected chi connectivity index (χ4v) is 3.80. The molecule has 2 fully saturated rings. The number of nitrogens with zero attached hydrogens (tertiary/aromatic N) is 1. The van der Waals surface area contributed by atoms with Crippen molar-refractivity contribution in [1.82, 2.24) is 4.90 Å². The van der Waals surface area contributed by atoms with Crippen LogP contribution in [0.4, 0.5) is 0 Å². The third-order valence-corrected chi connectivity index (χ3v) is 5.40. The third kappa shape index (κ3) is 2.50. The largest absolute Gasteiger partial charge is 0.381 e. The molecule has 0 aliphatic carbocycles. The van der Waals surface area contributed by atoms with E-state index < -0.39 is 0 Å². The van der Waals surface area contributed by atoms with Gasteiger partial charge in [0.1, 0.15) is 0 Å². The molecular formula is C17H26N2O. The van der Waals surface area contributed by atoms with Gasteiger partial charge < -0.3 is 10.5 Å². The molecule has 20 heavy (non-hydrogen) atoms. The van der Waals surface area contributed by atoms with E-state index in [1.54, 1.807) is 0 Å². The summed E-state index contributed by atoms with van der Waals surface area (Å²) in [6, 6.07) is 10.9. The molecule has 0 radical (unpaired) electrons. The standard InChI is InChI=1S/C17H26N2O/c1-17(13-18,16-8-10-20-12-16)19-9-7-15(11-19)14-5-3-2-4-6-14/h2-6,15-16H,7-13,18H2,1H3. The van der Waals surface area contributed by atoms with Crippen LogP contribution in [0.5, 0.6) is 0 Å². The summed E-state index contributed by atoms with van der Waals surface area (Å²) in [5, 5.41) is 0. The molecule has 0 spiro atoms. The predicted molar refractivity (Wildman–Crippen MR) is 81.8 cm³/mol. The maximum Gasteiger partial charge on any atom is 0.0513 e. The molecule has 2 N–H and O–H groups in total. The molecule has 0 amide bonds. The number of rotatable bonds is 4. The van der Waals surface area contributed by atoms with Gasteiger partial charge in [0, 0.05) is 31.2 Å². The van der Waals surface area contributed by atoms with Crippen molar-refractivity contribution >= 4 is 0 Å². The van der Waals surface area contributed by atoms with E-state index in [2.05, 4.69) is 42.2 Å². The van der Waals surface area contributed by atoms with Gasteiger partial charge in [-0.15, -0.1) is 0 Å². The Bertz CT molecular complexity index is 430. The Kier molecular flexibility index (Phi) is 4.11. The smallest absolute Gasteiger partial charge is 0.0513 e. The van der Waals surface area contributed by atoms with Crippen molar-refractivity contribution in [3.63, 3.8) is 0 Å². The summed E-state index contributed by atoms with van der Waals surface area (Å²) in [6.07, 6.45) is 2.40. The lowest BCUT2D eigenvalue weighted by Gasteiger charge is -2.42. The lowest BCUT2D eigenvalue weighted by molar-refractivity contribution is 0.0640. The fourth-order valence-electron chi connectivity index (χ4n) is 3.80. The zero-order chi connectivity index (χ0) is 14.0. The van der Waals surface area contributed by atoms with Crippen LogP contribution in [0.15, 0.2) is 30.3 Å². The van der Waals surface area contributed by atoms with Crippen LogP contribution in [0.1, 0.15) is 31.2 Å². The first kappa shape index (κ1) is 14.1. The van der Waals surface area contributed by atoms with Crippen molar-refractivity contribution in [1.29, 1.82) is 0 Å². The zero-order valence-electron chi connectivity index (χ0n) is 12.4. The van der Waals surface area contributed by atoms with Crippen molar-refractivity contribution in [3.8, 4) is 0 Å². The number of hydrogen-bond acceptors (Lipinski definition) is 3. The molecule has 2 saturated heterocycles. The van der Waals surface area contributed by atoms with Gasteiger partial charge in [0.25, 0.3) is 0 Å². The van der Waals surface area contributed by atoms with E-state index in [-0.39, 0.29) is 5.54 Å². The summed E-state index contributed by atoms with van der Waals surface area (Å²) < 4.78 is 5.59. The third-order valence-electron chi connectivity index (χ3n) is 5.40. The van der Waals surface area contributed by atoms with Crippen LogP contribution in [0.25, 0.3) is 0 Å². The first-order chi connectivity index (χ1) is 9.74. The second-order valence-corrected chi connectivity index (χ2v) is 6.46. The molecule has 3 heteroatoms. The Morgan fingerprint density at radius 2 is 2.10 bits per heavy atom. The second-order valence-electron chi connectivity index (χ2n) is 6.46. The number of likely N-dealkylation sites (tertiary alicyclic amines) is 1. The van der Waals surface area contributed by atoms with Gasteiger partial charge in [0.15, 0.2) is 0 Å². The van der Waals surface area contributed by atoms with Gasteiger partial charge in [-0.05, 0) is 37.8 Å². The topological polar surface area (TPSA) is 38.5 Å². The molecule has 0 saturated carbocycles. The highest BCUT2D eigenvalue weighted by Gasteiger charge is 2.43. The van der Waals surface area contributed by atoms with Crippen molar-refractivity contribution in [2.45, 2.75) is 31.2 Å². The molecule has 110 valence electrons. The highest BCUT2D eigenvalue weighted by molar-refractivity contribution is 5.21. The van der Waals surface area contributed by atoms with E-state index in [4.69, 9.17) is 10.5 Å². The van der Waals surface area contributed by atoms with Crippen LogP contribution in [0.2, 0.25) is 0 Å². The number of ether oxygens (including phenoxy) is 1. The van der Waals surface area contributed by atoms with Gasteiger partial charge in [0.2, 0.25) is 0 Å². The average molecular weight is 274 g/mol. The Balaban J connectivity index is 1.72. The van der Waals surface area contributed by atoms with Crippen LogP contribution in [-0.4, -0.2) is 43.3 Å². The average Bonchev–Trinajstić information content (AvgIpc) is 3.19. The minimum atomic E-state index is 0.0973. The molecule has 0 aromatic heterocycles. The van der Waals surface area contributed by atoms with Gasteiger partial charge in [0.05, 0.1) is 6.61 Å². The fraction of sp³-hybridized carbons (Fsp3) is 0.647. The van der Waals surface area contributed by atoms with Gasteiger partial charge in [-0.3, -0.25) is 4.90 Å². The van der Waals surface area contributed by atoms with Gasteiger partial charge in [-0.25, -0.2) is 0 Å². The maximum atomic E-state index is 6.15. The first-order valence-corrected chi connectivity index (χ1v) is 7.82. The summed E-state index contributed by atoms with van der Waals surface area (Å²) in [5.41, 5.74) is 7.72. The Labute approximate surface area is 122 Å². The quantitative estimate of drug-likeness (QED) is 0.915. The van der Waals surface area contributed by atoms with Gasteiger partial charge in [-0.1, -0.05) is 30.3 Å². The van der Waals surface area contributed by atoms with E-state index in [1.165, 1.54) is 12.0 Å². The maximum absolute atomic E-state index is 6.15. The molecule has 3 unspecified atom stereocenters. The zero-order valence-corrected chi connectivity index (χ0v) is 12.4. The summed E-state index contributed by atoms with van der Waals surface area (Å²) in [7, 11) is 0. The lowest BCUT2D eigenvalue weighted by atomic mass is 9.83. The molecule has 0 bridgehead atoms. The number of benzene rings is 1. The van der Waals surface area contributed by atoms with E-state index in [1.807, 2.05) is 0 Å². The SMILES string of the molecule is CC(CN)(C1CCOC1)N1CCC(c2ccccc2)C1. The molecule has 1 aromatic carbocycles. The summed E-state index contributed by atoms with van der Waals surface area (Å²) in [6.45, 7) is 7.12. The predicted octanol–water partition coefficient (Wildman–Crippen LogP) is 2.23. The minimum Gasteiger partial charge on any atom is -0.381 e. The summed E-state index contributed by atoms with van der Waals surface area (Å²) in [4.78, 5) is 2.62. The van der Waals surface area contributed by atoms with Crippen molar-refractivity contribution < 1.29 is 4.74 Å². The number of hydrogen-bond donors (Lipinski definition) is 1. The van der Waals surface area contributed by atoms with Crippen LogP contribution < -0.4 is 5.73 Å². The molecule has 2 heterocycles. The Morgan fingerprint density at radius 1 is 1.30 bits per heavy atom. The molecule has 2 aliphatic heterocycles. The van der Waals surface area contributed by atoms with Crippen LogP contribution in [0.3, 0.4) is 0 Å². The van der Waals surface area contributed by atoms with Crippen molar-refractivity contribution in [2.75, 3.05) is 32.8 Å². The van der Waals surface area contributed by atoms with E-state index >= 15 is 0 Å². The van der Waals surface area contributed by atoms with E-state index in [0.29, 0.717) is 11.8 Å². The highest BCUT2D eigenvalue weighted by atomic mass is 16.5. The van der Waals surface area contributed by atoms with E-state index in [0.717, 1.165) is 39.3 Å². The van der Waals surface area contributed by atoms with Crippen molar-refractivity contribution in [3.05, 3.63) is 35.9 Å². The van der Waals surface area contributed by atoms with Crippen LogP contribution >= 0.6 is 0 Å². The van der Waals surface area contributed by atoms with Crippen LogP contribution in [-0.2, 0) is 4.74 Å².